The zero-order valence-corrected chi connectivity index (χ0v) is 14.7. The number of aryl methyl sites for hydroxylation is 2. The van der Waals surface area contributed by atoms with E-state index in [9.17, 15) is 18.7 Å². The zero-order chi connectivity index (χ0) is 19.2. The van der Waals surface area contributed by atoms with Crippen LogP contribution in [0.3, 0.4) is 0 Å². The van der Waals surface area contributed by atoms with Crippen LogP contribution in [0.15, 0.2) is 24.5 Å². The minimum absolute atomic E-state index is 0.0724. The molecule has 0 aliphatic rings. The van der Waals surface area contributed by atoms with Crippen LogP contribution in [0.1, 0.15) is 35.9 Å². The Morgan fingerprint density at radius 3 is 2.23 bits per heavy atom. The number of carboxylic acid groups (broad SMARTS) is 1. The highest BCUT2D eigenvalue weighted by molar-refractivity contribution is 5.83. The van der Waals surface area contributed by atoms with Crippen LogP contribution >= 0.6 is 0 Å². The van der Waals surface area contributed by atoms with Gasteiger partial charge in [0, 0.05) is 26.5 Å². The van der Waals surface area contributed by atoms with E-state index in [-0.39, 0.29) is 17.2 Å². The van der Waals surface area contributed by atoms with E-state index in [1.165, 1.54) is 10.6 Å². The van der Waals surface area contributed by atoms with Gasteiger partial charge in [-0.15, -0.1) is 0 Å². The van der Waals surface area contributed by atoms with E-state index in [1.54, 1.807) is 31.1 Å². The summed E-state index contributed by atoms with van der Waals surface area (Å²) in [7, 11) is 3.28. The Hall–Kier alpha value is -3.10. The Morgan fingerprint density at radius 1 is 1.04 bits per heavy atom. The smallest absolute Gasteiger partial charge is 0.372 e. The van der Waals surface area contributed by atoms with Crippen LogP contribution in [-0.2, 0) is 19.5 Å². The van der Waals surface area contributed by atoms with Crippen LogP contribution in [0.5, 0.6) is 0 Å². The molecule has 26 heavy (non-hydrogen) atoms. The van der Waals surface area contributed by atoms with Crippen molar-refractivity contribution in [3.8, 4) is 11.4 Å². The highest BCUT2D eigenvalue weighted by Crippen LogP contribution is 2.32. The molecule has 0 saturated heterocycles. The zero-order valence-electron chi connectivity index (χ0n) is 14.7. The predicted molar refractivity (Wildman–Crippen MR) is 88.7 cm³/mol. The summed E-state index contributed by atoms with van der Waals surface area (Å²) in [4.78, 5) is 23.1. The molecule has 0 radical (unpaired) electrons. The molecule has 0 aromatic carbocycles. The van der Waals surface area contributed by atoms with Gasteiger partial charge < -0.3 is 14.2 Å². The Labute approximate surface area is 148 Å². The van der Waals surface area contributed by atoms with Crippen molar-refractivity contribution in [3.63, 3.8) is 0 Å². The van der Waals surface area contributed by atoms with E-state index in [0.29, 0.717) is 11.4 Å². The number of rotatable bonds is 4. The first-order valence-electron chi connectivity index (χ1n) is 7.74. The number of halogens is 2. The Bertz CT molecular complexity index is 1010. The number of aromatic carboxylic acids is 1. The van der Waals surface area contributed by atoms with E-state index >= 15 is 0 Å². The van der Waals surface area contributed by atoms with Gasteiger partial charge in [-0.3, -0.25) is 0 Å². The molecule has 0 aliphatic heterocycles. The van der Waals surface area contributed by atoms with Crippen LogP contribution in [0.4, 0.5) is 8.78 Å². The topological polar surface area (TPSA) is 85.8 Å². The number of aromatic nitrogens is 5. The van der Waals surface area contributed by atoms with Crippen molar-refractivity contribution in [3.05, 3.63) is 53.6 Å². The van der Waals surface area contributed by atoms with Crippen molar-refractivity contribution in [2.75, 3.05) is 0 Å². The molecule has 3 aromatic heterocycles. The number of hydrogen-bond donors (Lipinski definition) is 1. The molecule has 0 fully saturated rings. The van der Waals surface area contributed by atoms with Crippen LogP contribution < -0.4 is 0 Å². The van der Waals surface area contributed by atoms with Gasteiger partial charge in [-0.25, -0.2) is 14.8 Å². The second-order valence-electron chi connectivity index (χ2n) is 6.52. The number of imidazole rings is 2. The Balaban J connectivity index is 2.07. The summed E-state index contributed by atoms with van der Waals surface area (Å²) >= 11 is 0. The summed E-state index contributed by atoms with van der Waals surface area (Å²) in [5.74, 6) is -2.79. The molecule has 3 heterocycles. The summed E-state index contributed by atoms with van der Waals surface area (Å²) in [5.41, 5.74) is 0.419. The van der Waals surface area contributed by atoms with Gasteiger partial charge in [-0.05, 0) is 26.0 Å². The van der Waals surface area contributed by atoms with Gasteiger partial charge >= 0.3 is 5.97 Å². The third-order valence-corrected chi connectivity index (χ3v) is 4.28. The van der Waals surface area contributed by atoms with Gasteiger partial charge in [0.1, 0.15) is 5.82 Å². The lowest BCUT2D eigenvalue weighted by Gasteiger charge is -2.19. The Morgan fingerprint density at radius 2 is 1.65 bits per heavy atom. The number of carbonyl (C=O) groups is 1. The highest BCUT2D eigenvalue weighted by Gasteiger charge is 2.31. The van der Waals surface area contributed by atoms with E-state index in [1.807, 2.05) is 13.8 Å². The van der Waals surface area contributed by atoms with Gasteiger partial charge in [0.2, 0.25) is 17.7 Å². The summed E-state index contributed by atoms with van der Waals surface area (Å²) in [5, 5.41) is 9.18. The molecule has 9 heteroatoms. The van der Waals surface area contributed by atoms with Crippen LogP contribution in [0, 0.1) is 11.9 Å². The average molecular weight is 361 g/mol. The molecule has 0 aliphatic carbocycles. The van der Waals surface area contributed by atoms with Crippen molar-refractivity contribution in [2.45, 2.75) is 19.3 Å². The first-order valence-corrected chi connectivity index (χ1v) is 7.74. The summed E-state index contributed by atoms with van der Waals surface area (Å²) in [6, 6.07) is 2.34. The number of carboxylic acids is 1. The van der Waals surface area contributed by atoms with Crippen molar-refractivity contribution in [1.82, 2.24) is 24.1 Å². The fourth-order valence-electron chi connectivity index (χ4n) is 2.69. The molecule has 0 atom stereocenters. The van der Waals surface area contributed by atoms with Crippen molar-refractivity contribution in [2.24, 2.45) is 14.1 Å². The predicted octanol–water partition coefficient (Wildman–Crippen LogP) is 2.52. The third kappa shape index (κ3) is 2.85. The lowest BCUT2D eigenvalue weighted by Crippen LogP contribution is -2.20. The van der Waals surface area contributed by atoms with Gasteiger partial charge in [0.15, 0.2) is 0 Å². The minimum Gasteiger partial charge on any atom is -0.475 e. The third-order valence-electron chi connectivity index (χ3n) is 4.28. The van der Waals surface area contributed by atoms with E-state index in [2.05, 4.69) is 15.0 Å². The fraction of sp³-hybridized carbons (Fsp3) is 0.294. The van der Waals surface area contributed by atoms with E-state index in [4.69, 9.17) is 0 Å². The van der Waals surface area contributed by atoms with Crippen LogP contribution in [0.2, 0.25) is 0 Å². The maximum absolute atomic E-state index is 14.0. The molecule has 0 saturated carbocycles. The van der Waals surface area contributed by atoms with E-state index in [0.717, 1.165) is 6.07 Å². The molecule has 136 valence electrons. The van der Waals surface area contributed by atoms with Crippen molar-refractivity contribution >= 4 is 5.97 Å². The molecule has 0 amide bonds. The molecule has 3 rings (SSSR count). The van der Waals surface area contributed by atoms with Gasteiger partial charge in [-0.1, -0.05) is 0 Å². The monoisotopic (exact) mass is 361 g/mol. The molecular formula is C17H17F2N5O2. The molecule has 1 N–H and O–H groups in total. The summed E-state index contributed by atoms with van der Waals surface area (Å²) < 4.78 is 30.1. The standard InChI is InChI=1S/C17H17F2N5O2/c1-17(2,11-8-24(4)15(21-11)16(25)26)10-7-23(3)14(20-10)9-5-6-12(18)22-13(9)19/h5-8H,1-4H3,(H,25,26). The largest absolute Gasteiger partial charge is 0.475 e. The van der Waals surface area contributed by atoms with E-state index < -0.39 is 23.3 Å². The molecule has 0 spiro atoms. The number of nitrogens with zero attached hydrogens (tertiary/aromatic N) is 5. The molecule has 3 aromatic rings. The summed E-state index contributed by atoms with van der Waals surface area (Å²) in [6.45, 7) is 3.68. The van der Waals surface area contributed by atoms with Crippen LogP contribution in [0.25, 0.3) is 11.4 Å². The number of pyridine rings is 1. The second kappa shape index (κ2) is 6.01. The quantitative estimate of drug-likeness (QED) is 0.722. The maximum atomic E-state index is 14.0. The second-order valence-corrected chi connectivity index (χ2v) is 6.52. The van der Waals surface area contributed by atoms with Crippen molar-refractivity contribution in [1.29, 1.82) is 0 Å². The molecular weight excluding hydrogens is 344 g/mol. The molecule has 0 unspecified atom stereocenters. The van der Waals surface area contributed by atoms with Crippen LogP contribution in [-0.4, -0.2) is 35.2 Å². The molecule has 7 nitrogen and oxygen atoms in total. The lowest BCUT2D eigenvalue weighted by molar-refractivity contribution is 0.0679. The van der Waals surface area contributed by atoms with Gasteiger partial charge in [-0.2, -0.15) is 13.8 Å². The average Bonchev–Trinajstić information content (AvgIpc) is 3.11. The maximum Gasteiger partial charge on any atom is 0.372 e. The highest BCUT2D eigenvalue weighted by atomic mass is 19.1. The van der Waals surface area contributed by atoms with Crippen molar-refractivity contribution < 1.29 is 18.7 Å². The lowest BCUT2D eigenvalue weighted by atomic mass is 9.86. The summed E-state index contributed by atoms with van der Waals surface area (Å²) in [6.07, 6.45) is 3.32. The first kappa shape index (κ1) is 17.7. The first-order chi connectivity index (χ1) is 12.1. The minimum atomic E-state index is -1.13. The fourth-order valence-corrected chi connectivity index (χ4v) is 2.69. The van der Waals surface area contributed by atoms with Gasteiger partial charge in [0.05, 0.1) is 22.4 Å². The normalized spacial score (nSPS) is 11.8. The Kier molecular flexibility index (Phi) is 4.09. The molecule has 0 bridgehead atoms. The van der Waals surface area contributed by atoms with Gasteiger partial charge in [0.25, 0.3) is 0 Å². The number of hydrogen-bond acceptors (Lipinski definition) is 4. The SMILES string of the molecule is Cn1cc(C(C)(C)c2cn(C)c(-c3ccc(F)nc3F)n2)nc1C(=O)O.